The Morgan fingerprint density at radius 1 is 0.871 bits per heavy atom. The molecule has 2 amide bonds. The van der Waals surface area contributed by atoms with Gasteiger partial charge in [0.2, 0.25) is 17.6 Å². The van der Waals surface area contributed by atoms with Crippen LogP contribution in [-0.4, -0.2) is 29.7 Å². The number of hydrogen-bond donors (Lipinski definition) is 2. The first-order chi connectivity index (χ1) is 14.5. The SMILES string of the molecule is CC(=O)Nc1ccc(CC(=O)O[C@@H](C)C(=O)c2ccc(NC(=O)C(C)(C)C)cc2)cc1. The normalized spacial score (nSPS) is 11.9. The predicted molar refractivity (Wildman–Crippen MR) is 119 cm³/mol. The van der Waals surface area contributed by atoms with E-state index in [0.29, 0.717) is 22.5 Å². The molecule has 2 N–H and O–H groups in total. The molecule has 7 nitrogen and oxygen atoms in total. The summed E-state index contributed by atoms with van der Waals surface area (Å²) in [6.45, 7) is 8.38. The summed E-state index contributed by atoms with van der Waals surface area (Å²) in [5.41, 5.74) is 1.78. The lowest BCUT2D eigenvalue weighted by Crippen LogP contribution is -2.27. The predicted octanol–water partition coefficient (Wildman–Crippen LogP) is 3.99. The van der Waals surface area contributed by atoms with Gasteiger partial charge in [0.15, 0.2) is 6.10 Å². The molecule has 0 saturated carbocycles. The molecule has 2 rings (SSSR count). The average molecular weight is 424 g/mol. The van der Waals surface area contributed by atoms with E-state index in [9.17, 15) is 19.2 Å². The van der Waals surface area contributed by atoms with Gasteiger partial charge < -0.3 is 15.4 Å². The molecule has 7 heteroatoms. The highest BCUT2D eigenvalue weighted by Gasteiger charge is 2.22. The number of carbonyl (C=O) groups excluding carboxylic acids is 4. The van der Waals surface area contributed by atoms with Crippen molar-refractivity contribution in [3.05, 3.63) is 59.7 Å². The molecule has 0 aromatic heterocycles. The van der Waals surface area contributed by atoms with Gasteiger partial charge in [0, 0.05) is 29.3 Å². The van der Waals surface area contributed by atoms with Crippen LogP contribution in [0.2, 0.25) is 0 Å². The molecule has 0 saturated heterocycles. The maximum Gasteiger partial charge on any atom is 0.310 e. The van der Waals surface area contributed by atoms with Crippen LogP contribution in [0, 0.1) is 5.41 Å². The van der Waals surface area contributed by atoms with E-state index in [-0.39, 0.29) is 24.0 Å². The number of ether oxygens (including phenoxy) is 1. The first-order valence-electron chi connectivity index (χ1n) is 9.97. The van der Waals surface area contributed by atoms with Crippen molar-refractivity contribution in [2.45, 2.75) is 47.1 Å². The summed E-state index contributed by atoms with van der Waals surface area (Å²) in [7, 11) is 0. The molecule has 2 aromatic rings. The van der Waals surface area contributed by atoms with Crippen molar-refractivity contribution in [2.24, 2.45) is 5.41 Å². The fourth-order valence-corrected chi connectivity index (χ4v) is 2.64. The van der Waals surface area contributed by atoms with Gasteiger partial charge in [-0.2, -0.15) is 0 Å². The Morgan fingerprint density at radius 3 is 1.90 bits per heavy atom. The van der Waals surface area contributed by atoms with Crippen molar-refractivity contribution < 1.29 is 23.9 Å². The number of ketones is 1. The summed E-state index contributed by atoms with van der Waals surface area (Å²) >= 11 is 0. The van der Waals surface area contributed by atoms with Gasteiger partial charge in [-0.25, -0.2) is 0 Å². The second-order valence-electron chi connectivity index (χ2n) is 8.33. The van der Waals surface area contributed by atoms with Crippen LogP contribution in [0.3, 0.4) is 0 Å². The minimum Gasteiger partial charge on any atom is -0.454 e. The van der Waals surface area contributed by atoms with Crippen LogP contribution in [0.1, 0.15) is 50.5 Å². The smallest absolute Gasteiger partial charge is 0.310 e. The van der Waals surface area contributed by atoms with Crippen molar-refractivity contribution >= 4 is 34.9 Å². The Bertz CT molecular complexity index is 957. The number of benzene rings is 2. The lowest BCUT2D eigenvalue weighted by Gasteiger charge is -2.18. The van der Waals surface area contributed by atoms with Crippen LogP contribution < -0.4 is 10.6 Å². The molecule has 0 heterocycles. The monoisotopic (exact) mass is 424 g/mol. The highest BCUT2D eigenvalue weighted by Crippen LogP contribution is 2.18. The Kier molecular flexibility index (Phi) is 7.69. The minimum atomic E-state index is -0.943. The second kappa shape index (κ2) is 10.0. The van der Waals surface area contributed by atoms with Crippen LogP contribution in [-0.2, 0) is 25.5 Å². The van der Waals surface area contributed by atoms with Crippen molar-refractivity contribution in [1.82, 2.24) is 0 Å². The average Bonchev–Trinajstić information content (AvgIpc) is 2.68. The Hall–Kier alpha value is -3.48. The summed E-state index contributed by atoms with van der Waals surface area (Å²) in [6, 6.07) is 13.3. The second-order valence-corrected chi connectivity index (χ2v) is 8.33. The molecule has 0 aliphatic carbocycles. The maximum atomic E-state index is 12.6. The van der Waals surface area contributed by atoms with E-state index in [1.807, 2.05) is 20.8 Å². The minimum absolute atomic E-state index is 0.00967. The van der Waals surface area contributed by atoms with Gasteiger partial charge in [0.25, 0.3) is 0 Å². The molecule has 2 aromatic carbocycles. The van der Waals surface area contributed by atoms with Gasteiger partial charge in [-0.3, -0.25) is 19.2 Å². The molecule has 0 spiro atoms. The van der Waals surface area contributed by atoms with Crippen LogP contribution >= 0.6 is 0 Å². The van der Waals surface area contributed by atoms with Crippen molar-refractivity contribution in [3.63, 3.8) is 0 Å². The number of Topliss-reactive ketones (excluding diaryl/α,β-unsaturated/α-hetero) is 1. The topological polar surface area (TPSA) is 102 Å². The lowest BCUT2D eigenvalue weighted by molar-refractivity contribution is -0.145. The van der Waals surface area contributed by atoms with Gasteiger partial charge in [0.1, 0.15) is 0 Å². The van der Waals surface area contributed by atoms with E-state index < -0.39 is 17.5 Å². The van der Waals surface area contributed by atoms with Crippen molar-refractivity contribution in [2.75, 3.05) is 10.6 Å². The molecular formula is C24H28N2O5. The third kappa shape index (κ3) is 7.37. The summed E-state index contributed by atoms with van der Waals surface area (Å²) in [5.74, 6) is -1.16. The summed E-state index contributed by atoms with van der Waals surface area (Å²) in [6.07, 6.45) is -0.934. The number of esters is 1. The Labute approximate surface area is 182 Å². The quantitative estimate of drug-likeness (QED) is 0.517. The highest BCUT2D eigenvalue weighted by atomic mass is 16.5. The number of amides is 2. The van der Waals surface area contributed by atoms with Crippen molar-refractivity contribution in [3.8, 4) is 0 Å². The summed E-state index contributed by atoms with van der Waals surface area (Å²) in [4.78, 5) is 47.9. The number of nitrogens with one attached hydrogen (secondary N) is 2. The van der Waals surface area contributed by atoms with Gasteiger partial charge >= 0.3 is 5.97 Å². The van der Waals surface area contributed by atoms with Gasteiger partial charge in [0.05, 0.1) is 6.42 Å². The summed E-state index contributed by atoms with van der Waals surface area (Å²) in [5, 5.41) is 5.44. The molecular weight excluding hydrogens is 396 g/mol. The van der Waals surface area contributed by atoms with Crippen LogP contribution in [0.4, 0.5) is 11.4 Å². The van der Waals surface area contributed by atoms with E-state index in [1.54, 1.807) is 48.5 Å². The van der Waals surface area contributed by atoms with E-state index in [1.165, 1.54) is 13.8 Å². The number of rotatable bonds is 7. The maximum absolute atomic E-state index is 12.6. The largest absolute Gasteiger partial charge is 0.454 e. The fraction of sp³-hybridized carbons (Fsp3) is 0.333. The molecule has 0 bridgehead atoms. The molecule has 31 heavy (non-hydrogen) atoms. The first kappa shape index (κ1) is 23.8. The number of anilines is 2. The lowest BCUT2D eigenvalue weighted by atomic mass is 9.95. The highest BCUT2D eigenvalue weighted by molar-refractivity contribution is 6.01. The van der Waals surface area contributed by atoms with Crippen LogP contribution in [0.15, 0.2) is 48.5 Å². The molecule has 0 aliphatic rings. The van der Waals surface area contributed by atoms with Gasteiger partial charge in [-0.05, 0) is 48.9 Å². The molecule has 0 aliphatic heterocycles. The van der Waals surface area contributed by atoms with E-state index in [0.717, 1.165) is 0 Å². The van der Waals surface area contributed by atoms with E-state index >= 15 is 0 Å². The standard InChI is InChI=1S/C24H28N2O5/c1-15(31-21(28)14-17-6-10-19(11-7-17)25-16(2)27)22(29)18-8-12-20(13-9-18)26-23(30)24(3,4)5/h6-13,15H,14H2,1-5H3,(H,25,27)(H,26,30)/t15-/m0/s1. The zero-order valence-corrected chi connectivity index (χ0v) is 18.4. The third-order valence-electron chi connectivity index (χ3n) is 4.41. The molecule has 1 atom stereocenters. The summed E-state index contributed by atoms with van der Waals surface area (Å²) < 4.78 is 5.28. The van der Waals surface area contributed by atoms with Crippen LogP contribution in [0.5, 0.6) is 0 Å². The Morgan fingerprint density at radius 2 is 1.39 bits per heavy atom. The van der Waals surface area contributed by atoms with Gasteiger partial charge in [-0.1, -0.05) is 32.9 Å². The Balaban J connectivity index is 1.91. The number of hydrogen-bond acceptors (Lipinski definition) is 5. The molecule has 0 unspecified atom stereocenters. The van der Waals surface area contributed by atoms with E-state index in [4.69, 9.17) is 4.74 Å². The molecule has 164 valence electrons. The fourth-order valence-electron chi connectivity index (χ4n) is 2.64. The van der Waals surface area contributed by atoms with E-state index in [2.05, 4.69) is 10.6 Å². The molecule has 0 fully saturated rings. The first-order valence-corrected chi connectivity index (χ1v) is 9.97. The van der Waals surface area contributed by atoms with Crippen LogP contribution in [0.25, 0.3) is 0 Å². The zero-order valence-electron chi connectivity index (χ0n) is 18.4. The molecule has 0 radical (unpaired) electrons. The van der Waals surface area contributed by atoms with Gasteiger partial charge in [-0.15, -0.1) is 0 Å². The third-order valence-corrected chi connectivity index (χ3v) is 4.41. The zero-order chi connectivity index (χ0) is 23.2. The van der Waals surface area contributed by atoms with Crippen molar-refractivity contribution in [1.29, 1.82) is 0 Å². The number of carbonyl (C=O) groups is 4.